The summed E-state index contributed by atoms with van der Waals surface area (Å²) < 4.78 is 17.5. The van der Waals surface area contributed by atoms with Crippen LogP contribution >= 0.6 is 11.8 Å². The lowest BCUT2D eigenvalue weighted by atomic mass is 10.2. The van der Waals surface area contributed by atoms with Gasteiger partial charge < -0.3 is 29.4 Å². The lowest BCUT2D eigenvalue weighted by molar-refractivity contribution is -0.113. The lowest BCUT2D eigenvalue weighted by Gasteiger charge is -2.11. The van der Waals surface area contributed by atoms with Gasteiger partial charge >= 0.3 is 0 Å². The molecule has 0 saturated carbocycles. The van der Waals surface area contributed by atoms with Crippen LogP contribution in [0.3, 0.4) is 0 Å². The molecule has 0 bridgehead atoms. The quantitative estimate of drug-likeness (QED) is 0.461. The van der Waals surface area contributed by atoms with E-state index in [0.717, 1.165) is 17.3 Å². The van der Waals surface area contributed by atoms with E-state index in [1.165, 1.54) is 11.8 Å². The third kappa shape index (κ3) is 5.82. The van der Waals surface area contributed by atoms with Crippen molar-refractivity contribution in [3.05, 3.63) is 48.3 Å². The molecule has 1 heterocycles. The van der Waals surface area contributed by atoms with Gasteiger partial charge in [-0.2, -0.15) is 0 Å². The van der Waals surface area contributed by atoms with E-state index >= 15 is 0 Å². The van der Waals surface area contributed by atoms with Gasteiger partial charge in [0, 0.05) is 18.8 Å². The molecule has 1 amide bonds. The number of aromatic nitrogens is 3. The van der Waals surface area contributed by atoms with Crippen molar-refractivity contribution in [2.24, 2.45) is 7.05 Å². The summed E-state index contributed by atoms with van der Waals surface area (Å²) in [6, 6.07) is 12.9. The minimum atomic E-state index is -0.172. The highest BCUT2D eigenvalue weighted by Crippen LogP contribution is 2.29. The van der Waals surface area contributed by atoms with Crippen LogP contribution in [0.5, 0.6) is 17.2 Å². The maximum Gasteiger partial charge on any atom is 0.234 e. The first-order valence-corrected chi connectivity index (χ1v) is 10.4. The monoisotopic (exact) mass is 443 g/mol. The summed E-state index contributed by atoms with van der Waals surface area (Å²) in [6.07, 6.45) is 0. The Labute approximate surface area is 185 Å². The van der Waals surface area contributed by atoms with Crippen molar-refractivity contribution >= 4 is 29.0 Å². The van der Waals surface area contributed by atoms with E-state index in [1.54, 1.807) is 39.5 Å². The van der Waals surface area contributed by atoms with Crippen molar-refractivity contribution in [2.45, 2.75) is 11.7 Å². The van der Waals surface area contributed by atoms with E-state index in [2.05, 4.69) is 20.8 Å². The maximum absolute atomic E-state index is 12.4. The van der Waals surface area contributed by atoms with Gasteiger partial charge in [0.05, 0.1) is 39.3 Å². The SMILES string of the molecule is COc1ccc(NCc2nnc(SCC(=O)Nc3ccc(OC)cc3OC)n2C)cc1. The number of anilines is 2. The van der Waals surface area contributed by atoms with Gasteiger partial charge in [0.1, 0.15) is 17.2 Å². The summed E-state index contributed by atoms with van der Waals surface area (Å²) in [5.74, 6) is 2.76. The van der Waals surface area contributed by atoms with E-state index in [4.69, 9.17) is 14.2 Å². The second kappa shape index (κ2) is 10.6. The van der Waals surface area contributed by atoms with Crippen molar-refractivity contribution in [1.29, 1.82) is 0 Å². The van der Waals surface area contributed by atoms with Gasteiger partial charge in [-0.05, 0) is 36.4 Å². The van der Waals surface area contributed by atoms with E-state index in [9.17, 15) is 4.79 Å². The number of ether oxygens (including phenoxy) is 3. The van der Waals surface area contributed by atoms with Crippen LogP contribution in [0.2, 0.25) is 0 Å². The zero-order valence-corrected chi connectivity index (χ0v) is 18.7. The molecule has 0 aliphatic heterocycles. The van der Waals surface area contributed by atoms with Gasteiger partial charge in [0.15, 0.2) is 11.0 Å². The standard InChI is InChI=1S/C21H25N5O4S/c1-26-19(12-22-14-5-7-15(28-2)8-6-14)24-25-21(26)31-13-20(27)23-17-10-9-16(29-3)11-18(17)30-4/h5-11,22H,12-13H2,1-4H3,(H,23,27). The van der Waals surface area contributed by atoms with Crippen LogP contribution in [0.4, 0.5) is 11.4 Å². The van der Waals surface area contributed by atoms with Crippen LogP contribution < -0.4 is 24.8 Å². The average molecular weight is 444 g/mol. The largest absolute Gasteiger partial charge is 0.497 e. The highest BCUT2D eigenvalue weighted by Gasteiger charge is 2.13. The molecule has 0 saturated heterocycles. The van der Waals surface area contributed by atoms with E-state index < -0.39 is 0 Å². The average Bonchev–Trinajstić information content (AvgIpc) is 3.16. The summed E-state index contributed by atoms with van der Waals surface area (Å²) in [5.41, 5.74) is 1.53. The molecule has 0 unspecified atom stereocenters. The van der Waals surface area contributed by atoms with Crippen molar-refractivity contribution in [3.8, 4) is 17.2 Å². The van der Waals surface area contributed by atoms with Gasteiger partial charge in [-0.1, -0.05) is 11.8 Å². The fraction of sp³-hybridized carbons (Fsp3) is 0.286. The predicted molar refractivity (Wildman–Crippen MR) is 120 cm³/mol. The molecule has 1 aromatic heterocycles. The second-order valence-electron chi connectivity index (χ2n) is 6.44. The molecule has 0 fully saturated rings. The summed E-state index contributed by atoms with van der Waals surface area (Å²) in [6.45, 7) is 0.506. The number of carbonyl (C=O) groups is 1. The number of nitrogens with one attached hydrogen (secondary N) is 2. The topological polar surface area (TPSA) is 99.5 Å². The molecule has 0 radical (unpaired) electrons. The van der Waals surface area contributed by atoms with Crippen LogP contribution in [-0.4, -0.2) is 47.8 Å². The minimum Gasteiger partial charge on any atom is -0.497 e. The Hall–Kier alpha value is -3.40. The number of nitrogens with zero attached hydrogens (tertiary/aromatic N) is 3. The number of thioether (sulfide) groups is 1. The van der Waals surface area contributed by atoms with Crippen molar-refractivity contribution in [2.75, 3.05) is 37.7 Å². The van der Waals surface area contributed by atoms with Crippen LogP contribution in [0, 0.1) is 0 Å². The number of carbonyl (C=O) groups excluding carboxylic acids is 1. The number of methoxy groups -OCH3 is 3. The molecule has 0 aliphatic rings. The summed E-state index contributed by atoms with van der Waals surface area (Å²) in [7, 11) is 6.62. The zero-order valence-electron chi connectivity index (χ0n) is 17.8. The lowest BCUT2D eigenvalue weighted by Crippen LogP contribution is -2.15. The Bertz CT molecular complexity index is 1020. The first kappa shape index (κ1) is 22.3. The molecule has 0 aliphatic carbocycles. The first-order valence-electron chi connectivity index (χ1n) is 9.45. The predicted octanol–water partition coefficient (Wildman–Crippen LogP) is 3.18. The molecule has 2 aromatic carbocycles. The fourth-order valence-electron chi connectivity index (χ4n) is 2.73. The number of benzene rings is 2. The first-order chi connectivity index (χ1) is 15.0. The highest BCUT2D eigenvalue weighted by molar-refractivity contribution is 7.99. The minimum absolute atomic E-state index is 0.172. The fourth-order valence-corrected chi connectivity index (χ4v) is 3.46. The summed E-state index contributed by atoms with van der Waals surface area (Å²) >= 11 is 1.31. The van der Waals surface area contributed by atoms with Crippen molar-refractivity contribution in [3.63, 3.8) is 0 Å². The van der Waals surface area contributed by atoms with Crippen LogP contribution in [0.1, 0.15) is 5.82 Å². The molecule has 0 atom stereocenters. The van der Waals surface area contributed by atoms with Crippen LogP contribution in [0.25, 0.3) is 0 Å². The highest BCUT2D eigenvalue weighted by atomic mass is 32.2. The van der Waals surface area contributed by atoms with Crippen LogP contribution in [0.15, 0.2) is 47.6 Å². The molecule has 2 N–H and O–H groups in total. The Balaban J connectivity index is 1.54. The smallest absolute Gasteiger partial charge is 0.234 e. The number of hydrogen-bond donors (Lipinski definition) is 2. The second-order valence-corrected chi connectivity index (χ2v) is 7.39. The molecular weight excluding hydrogens is 418 g/mol. The molecule has 9 nitrogen and oxygen atoms in total. The van der Waals surface area contributed by atoms with Gasteiger partial charge in [0.2, 0.25) is 5.91 Å². The molecule has 3 aromatic rings. The maximum atomic E-state index is 12.4. The van der Waals surface area contributed by atoms with Gasteiger partial charge in [-0.25, -0.2) is 0 Å². The van der Waals surface area contributed by atoms with Crippen molar-refractivity contribution in [1.82, 2.24) is 14.8 Å². The van der Waals surface area contributed by atoms with Crippen LogP contribution in [-0.2, 0) is 18.4 Å². The van der Waals surface area contributed by atoms with Crippen molar-refractivity contribution < 1.29 is 19.0 Å². The van der Waals surface area contributed by atoms with E-state index in [0.29, 0.717) is 28.9 Å². The Morgan fingerprint density at radius 1 is 1.00 bits per heavy atom. The van der Waals surface area contributed by atoms with E-state index in [-0.39, 0.29) is 11.7 Å². The molecule has 10 heteroatoms. The van der Waals surface area contributed by atoms with E-state index in [1.807, 2.05) is 35.9 Å². The summed E-state index contributed by atoms with van der Waals surface area (Å²) in [5, 5.41) is 15.2. The molecule has 164 valence electrons. The Morgan fingerprint density at radius 3 is 2.39 bits per heavy atom. The molecule has 3 rings (SSSR count). The number of hydrogen-bond acceptors (Lipinski definition) is 8. The summed E-state index contributed by atoms with van der Waals surface area (Å²) in [4.78, 5) is 12.4. The number of amides is 1. The molecular formula is C21H25N5O4S. The molecule has 0 spiro atoms. The van der Waals surface area contributed by atoms with Gasteiger partial charge in [0.25, 0.3) is 0 Å². The van der Waals surface area contributed by atoms with Gasteiger partial charge in [-0.15, -0.1) is 10.2 Å². The number of rotatable bonds is 10. The normalized spacial score (nSPS) is 10.5. The zero-order chi connectivity index (χ0) is 22.2. The third-order valence-electron chi connectivity index (χ3n) is 4.48. The van der Waals surface area contributed by atoms with Gasteiger partial charge in [-0.3, -0.25) is 4.79 Å². The Kier molecular flexibility index (Phi) is 7.60. The molecule has 31 heavy (non-hydrogen) atoms. The third-order valence-corrected chi connectivity index (χ3v) is 5.50. The Morgan fingerprint density at radius 2 is 1.71 bits per heavy atom.